The number of aliphatic hydroxyl groups excluding tert-OH is 1. The zero-order valence-electron chi connectivity index (χ0n) is 9.76. The molecule has 0 bridgehead atoms. The van der Waals surface area contributed by atoms with Crippen LogP contribution >= 0.6 is 0 Å². The lowest BCUT2D eigenvalue weighted by Gasteiger charge is -2.06. The van der Waals surface area contributed by atoms with E-state index in [0.717, 1.165) is 0 Å². The van der Waals surface area contributed by atoms with Gasteiger partial charge in [0, 0.05) is 12.8 Å². The maximum Gasteiger partial charge on any atom is 0.211 e. The molecule has 1 rings (SSSR count). The van der Waals surface area contributed by atoms with Gasteiger partial charge in [0.2, 0.25) is 10.0 Å². The van der Waals surface area contributed by atoms with Crippen LogP contribution in [0.4, 0.5) is 0 Å². The molecule has 0 spiro atoms. The highest BCUT2D eigenvalue weighted by atomic mass is 32.2. The first kappa shape index (κ1) is 14.0. The van der Waals surface area contributed by atoms with Crippen LogP contribution in [0.2, 0.25) is 0 Å². The Morgan fingerprint density at radius 1 is 1.41 bits per heavy atom. The summed E-state index contributed by atoms with van der Waals surface area (Å²) in [5.74, 6) is 0.638. The van der Waals surface area contributed by atoms with Crippen LogP contribution < -0.4 is 4.72 Å². The van der Waals surface area contributed by atoms with E-state index in [1.54, 1.807) is 19.2 Å². The van der Waals surface area contributed by atoms with Gasteiger partial charge in [0.1, 0.15) is 5.82 Å². The largest absolute Gasteiger partial charge is 0.396 e. The van der Waals surface area contributed by atoms with Crippen molar-refractivity contribution in [2.75, 3.05) is 12.4 Å². The third kappa shape index (κ3) is 5.71. The Bertz CT molecular complexity index is 448. The minimum Gasteiger partial charge on any atom is -0.396 e. The standard InChI is InChI=1S/C10H17N3O3S/c1-9-11-5-4-10(13-9)8-12-17(15,16)7-3-2-6-14/h4-5,12,14H,2-3,6-8H2,1H3. The van der Waals surface area contributed by atoms with E-state index in [4.69, 9.17) is 5.11 Å². The summed E-state index contributed by atoms with van der Waals surface area (Å²) in [6, 6.07) is 1.67. The van der Waals surface area contributed by atoms with Crippen molar-refractivity contribution in [3.05, 3.63) is 23.8 Å². The molecule has 1 aromatic heterocycles. The van der Waals surface area contributed by atoms with E-state index < -0.39 is 10.0 Å². The number of unbranched alkanes of at least 4 members (excludes halogenated alkanes) is 1. The molecule has 0 aromatic carbocycles. The Hall–Kier alpha value is -1.05. The molecule has 0 aliphatic rings. The molecule has 1 aromatic rings. The van der Waals surface area contributed by atoms with E-state index in [1.807, 2.05) is 0 Å². The van der Waals surface area contributed by atoms with Gasteiger partial charge in [-0.25, -0.2) is 23.1 Å². The van der Waals surface area contributed by atoms with Crippen LogP contribution in [0.15, 0.2) is 12.3 Å². The van der Waals surface area contributed by atoms with E-state index in [0.29, 0.717) is 24.4 Å². The van der Waals surface area contributed by atoms with Gasteiger partial charge in [0.05, 0.1) is 18.0 Å². The molecule has 96 valence electrons. The van der Waals surface area contributed by atoms with E-state index in [-0.39, 0.29) is 18.9 Å². The van der Waals surface area contributed by atoms with Crippen LogP contribution in [0.1, 0.15) is 24.4 Å². The molecule has 0 atom stereocenters. The minimum atomic E-state index is -3.29. The summed E-state index contributed by atoms with van der Waals surface area (Å²) in [6.45, 7) is 1.94. The second-order valence-corrected chi connectivity index (χ2v) is 5.59. The van der Waals surface area contributed by atoms with Crippen LogP contribution in [-0.2, 0) is 16.6 Å². The molecule has 0 radical (unpaired) electrons. The summed E-state index contributed by atoms with van der Waals surface area (Å²) < 4.78 is 25.5. The summed E-state index contributed by atoms with van der Waals surface area (Å²) in [5.41, 5.74) is 0.642. The highest BCUT2D eigenvalue weighted by Crippen LogP contribution is 1.98. The van der Waals surface area contributed by atoms with E-state index in [1.165, 1.54) is 0 Å². The highest BCUT2D eigenvalue weighted by molar-refractivity contribution is 7.89. The Kier molecular flexibility index (Phi) is 5.46. The zero-order valence-corrected chi connectivity index (χ0v) is 10.6. The van der Waals surface area contributed by atoms with Gasteiger partial charge in [-0.1, -0.05) is 0 Å². The molecule has 0 amide bonds. The topological polar surface area (TPSA) is 92.2 Å². The minimum absolute atomic E-state index is 0.0145. The summed E-state index contributed by atoms with van der Waals surface area (Å²) >= 11 is 0. The third-order valence-corrected chi connectivity index (χ3v) is 3.54. The van der Waals surface area contributed by atoms with Crippen molar-refractivity contribution in [3.8, 4) is 0 Å². The molecule has 0 aliphatic carbocycles. The molecular weight excluding hydrogens is 242 g/mol. The average molecular weight is 259 g/mol. The van der Waals surface area contributed by atoms with E-state index in [2.05, 4.69) is 14.7 Å². The highest BCUT2D eigenvalue weighted by Gasteiger charge is 2.09. The molecule has 0 fully saturated rings. The molecule has 0 saturated heterocycles. The number of hydrogen-bond acceptors (Lipinski definition) is 5. The van der Waals surface area contributed by atoms with Gasteiger partial charge >= 0.3 is 0 Å². The zero-order chi connectivity index (χ0) is 12.7. The quantitative estimate of drug-likeness (QED) is 0.671. The van der Waals surface area contributed by atoms with Gasteiger partial charge in [-0.3, -0.25) is 0 Å². The molecule has 1 heterocycles. The smallest absolute Gasteiger partial charge is 0.211 e. The van der Waals surface area contributed by atoms with Crippen molar-refractivity contribution in [1.82, 2.24) is 14.7 Å². The van der Waals surface area contributed by atoms with Crippen molar-refractivity contribution in [3.63, 3.8) is 0 Å². The fourth-order valence-corrected chi connectivity index (χ4v) is 2.36. The van der Waals surface area contributed by atoms with Gasteiger partial charge in [0.15, 0.2) is 0 Å². The van der Waals surface area contributed by atoms with Crippen LogP contribution in [0.5, 0.6) is 0 Å². The Balaban J connectivity index is 2.44. The normalized spacial score (nSPS) is 11.6. The summed E-state index contributed by atoms with van der Waals surface area (Å²) in [4.78, 5) is 8.02. The summed E-state index contributed by atoms with van der Waals surface area (Å²) in [6.07, 6.45) is 2.54. The number of aliphatic hydroxyl groups is 1. The van der Waals surface area contributed by atoms with Gasteiger partial charge < -0.3 is 5.11 Å². The molecule has 7 heteroatoms. The first-order valence-electron chi connectivity index (χ1n) is 5.40. The number of rotatable bonds is 7. The van der Waals surface area contributed by atoms with E-state index >= 15 is 0 Å². The molecule has 0 aliphatic heterocycles. The molecule has 0 unspecified atom stereocenters. The SMILES string of the molecule is Cc1nccc(CNS(=O)(=O)CCCCO)n1. The Morgan fingerprint density at radius 3 is 2.82 bits per heavy atom. The number of aromatic nitrogens is 2. The molecular formula is C10H17N3O3S. The van der Waals surface area contributed by atoms with Crippen molar-refractivity contribution >= 4 is 10.0 Å². The number of nitrogens with one attached hydrogen (secondary N) is 1. The lowest BCUT2D eigenvalue weighted by molar-refractivity contribution is 0.287. The van der Waals surface area contributed by atoms with Gasteiger partial charge in [-0.15, -0.1) is 0 Å². The van der Waals surface area contributed by atoms with Crippen molar-refractivity contribution < 1.29 is 13.5 Å². The molecule has 0 saturated carbocycles. The van der Waals surface area contributed by atoms with E-state index in [9.17, 15) is 8.42 Å². The molecule has 6 nitrogen and oxygen atoms in total. The Labute approximate surface area is 101 Å². The van der Waals surface area contributed by atoms with Crippen LogP contribution in [0.25, 0.3) is 0 Å². The predicted octanol–water partition coefficient (Wildman–Crippen LogP) is -0.0231. The molecule has 2 N–H and O–H groups in total. The number of aryl methyl sites for hydroxylation is 1. The lowest BCUT2D eigenvalue weighted by atomic mass is 10.4. The number of nitrogens with zero attached hydrogens (tertiary/aromatic N) is 2. The maximum atomic E-state index is 11.5. The monoisotopic (exact) mass is 259 g/mol. The summed E-state index contributed by atoms with van der Waals surface area (Å²) in [7, 11) is -3.29. The van der Waals surface area contributed by atoms with Gasteiger partial charge in [-0.2, -0.15) is 0 Å². The van der Waals surface area contributed by atoms with Crippen molar-refractivity contribution in [1.29, 1.82) is 0 Å². The van der Waals surface area contributed by atoms with Crippen molar-refractivity contribution in [2.24, 2.45) is 0 Å². The van der Waals surface area contributed by atoms with Crippen molar-refractivity contribution in [2.45, 2.75) is 26.3 Å². The lowest BCUT2D eigenvalue weighted by Crippen LogP contribution is -2.26. The fraction of sp³-hybridized carbons (Fsp3) is 0.600. The molecule has 17 heavy (non-hydrogen) atoms. The number of sulfonamides is 1. The second-order valence-electron chi connectivity index (χ2n) is 3.67. The number of hydrogen-bond donors (Lipinski definition) is 2. The predicted molar refractivity (Wildman–Crippen MR) is 63.7 cm³/mol. The fourth-order valence-electron chi connectivity index (χ4n) is 1.26. The first-order valence-corrected chi connectivity index (χ1v) is 7.05. The third-order valence-electron chi connectivity index (χ3n) is 2.13. The maximum absolute atomic E-state index is 11.5. The first-order chi connectivity index (χ1) is 8.03. The second kappa shape index (κ2) is 6.63. The van der Waals surface area contributed by atoms with Crippen LogP contribution in [-0.4, -0.2) is 35.9 Å². The van der Waals surface area contributed by atoms with Gasteiger partial charge in [0.25, 0.3) is 0 Å². The summed E-state index contributed by atoms with van der Waals surface area (Å²) in [5, 5.41) is 8.57. The van der Waals surface area contributed by atoms with Crippen LogP contribution in [0, 0.1) is 6.92 Å². The van der Waals surface area contributed by atoms with Crippen LogP contribution in [0.3, 0.4) is 0 Å². The van der Waals surface area contributed by atoms with Gasteiger partial charge in [-0.05, 0) is 25.8 Å². The Morgan fingerprint density at radius 2 is 2.18 bits per heavy atom. The average Bonchev–Trinajstić information content (AvgIpc) is 2.27.